The molecule has 0 radical (unpaired) electrons. The summed E-state index contributed by atoms with van der Waals surface area (Å²) in [6.45, 7) is 5.59. The van der Waals surface area contributed by atoms with Crippen molar-refractivity contribution < 1.29 is 9.84 Å². The van der Waals surface area contributed by atoms with Gasteiger partial charge in [-0.2, -0.15) is 9.97 Å². The second-order valence-electron chi connectivity index (χ2n) is 12.4. The van der Waals surface area contributed by atoms with Crippen LogP contribution in [0.1, 0.15) is 32.6 Å². The third kappa shape index (κ3) is 4.63. The Labute approximate surface area is 228 Å². The first-order valence-corrected chi connectivity index (χ1v) is 13.9. The van der Waals surface area contributed by atoms with Gasteiger partial charge in [-0.15, -0.1) is 10.2 Å². The molecule has 39 heavy (non-hydrogen) atoms. The second-order valence-corrected chi connectivity index (χ2v) is 12.4. The van der Waals surface area contributed by atoms with Crippen molar-refractivity contribution in [2.45, 2.75) is 44.2 Å². The maximum atomic E-state index is 10.4. The summed E-state index contributed by atoms with van der Waals surface area (Å²) in [5.74, 6) is 0.977. The number of hydrogen-bond acceptors (Lipinski definition) is 9. The first kappa shape index (κ1) is 24.5. The van der Waals surface area contributed by atoms with Crippen LogP contribution in [0.4, 0.5) is 5.82 Å². The number of phenols is 1. The minimum Gasteiger partial charge on any atom is -0.508 e. The number of nitrogens with one attached hydrogen (secondary N) is 1. The number of aromatic nitrogens is 4. The predicted molar refractivity (Wildman–Crippen MR) is 152 cm³/mol. The quantitative estimate of drug-likeness (QED) is 0.371. The molecule has 0 amide bonds. The van der Waals surface area contributed by atoms with E-state index in [2.05, 4.69) is 46.3 Å². The first-order valence-electron chi connectivity index (χ1n) is 13.9. The topological polar surface area (TPSA) is 99.5 Å². The number of piperazine rings is 1. The lowest BCUT2D eigenvalue weighted by Gasteiger charge is -2.40. The highest BCUT2D eigenvalue weighted by molar-refractivity contribution is 5.98. The Balaban J connectivity index is 1.31. The summed E-state index contributed by atoms with van der Waals surface area (Å²) >= 11 is 0. The second kappa shape index (κ2) is 8.99. The molecule has 4 heterocycles. The van der Waals surface area contributed by atoms with Gasteiger partial charge in [0.2, 0.25) is 0 Å². The standard InChI is InChI=1S/C30H35N7O2/c1-29-9-8-20(33-29)15-37(16-29)27-26-25(31-28(32-27)39-18-30(10-11-30)17-36(2)3)14-24(34-35-26)23-13-21(38)12-19-6-4-5-7-22(19)23/h4-7,12-14,20,33,38H,8-11,15-18H2,1-3H3/t20-,29+/m1/s1. The van der Waals surface area contributed by atoms with Crippen molar-refractivity contribution in [2.24, 2.45) is 5.41 Å². The smallest absolute Gasteiger partial charge is 0.319 e. The molecule has 9 heteroatoms. The lowest BCUT2D eigenvalue weighted by Crippen LogP contribution is -2.58. The van der Waals surface area contributed by atoms with E-state index in [4.69, 9.17) is 14.7 Å². The van der Waals surface area contributed by atoms with Crippen molar-refractivity contribution in [2.75, 3.05) is 45.2 Å². The van der Waals surface area contributed by atoms with Crippen LogP contribution in [0.2, 0.25) is 0 Å². The van der Waals surface area contributed by atoms with Crippen molar-refractivity contribution in [3.63, 3.8) is 0 Å². The van der Waals surface area contributed by atoms with E-state index >= 15 is 0 Å². The van der Waals surface area contributed by atoms with Crippen molar-refractivity contribution >= 4 is 27.6 Å². The summed E-state index contributed by atoms with van der Waals surface area (Å²) in [7, 11) is 4.21. The highest BCUT2D eigenvalue weighted by Gasteiger charge is 2.44. The van der Waals surface area contributed by atoms with E-state index in [1.54, 1.807) is 12.1 Å². The van der Waals surface area contributed by atoms with Crippen LogP contribution in [0, 0.1) is 5.41 Å². The lowest BCUT2D eigenvalue weighted by molar-refractivity contribution is 0.183. The van der Waals surface area contributed by atoms with E-state index in [-0.39, 0.29) is 16.7 Å². The molecule has 2 aromatic heterocycles. The van der Waals surface area contributed by atoms with Crippen molar-refractivity contribution in [3.8, 4) is 23.0 Å². The molecule has 3 fully saturated rings. The monoisotopic (exact) mass is 525 g/mol. The number of nitrogens with zero attached hydrogens (tertiary/aromatic N) is 6. The van der Waals surface area contributed by atoms with E-state index < -0.39 is 0 Å². The molecular weight excluding hydrogens is 490 g/mol. The first-order chi connectivity index (χ1) is 18.8. The molecule has 4 aromatic rings. The van der Waals surface area contributed by atoms with Gasteiger partial charge in [0.05, 0.1) is 12.3 Å². The van der Waals surface area contributed by atoms with Crippen LogP contribution in [0.25, 0.3) is 33.1 Å². The van der Waals surface area contributed by atoms with E-state index in [0.29, 0.717) is 35.4 Å². The van der Waals surface area contributed by atoms with Gasteiger partial charge in [-0.05, 0) is 75.7 Å². The van der Waals surface area contributed by atoms with Gasteiger partial charge >= 0.3 is 6.01 Å². The number of hydrogen-bond donors (Lipinski definition) is 2. The molecule has 0 spiro atoms. The van der Waals surface area contributed by atoms with Crippen LogP contribution in [-0.2, 0) is 0 Å². The summed E-state index contributed by atoms with van der Waals surface area (Å²) in [6, 6.07) is 14.2. The normalized spacial score (nSPS) is 23.6. The zero-order valence-corrected chi connectivity index (χ0v) is 22.8. The van der Waals surface area contributed by atoms with Gasteiger partial charge in [0.25, 0.3) is 0 Å². The van der Waals surface area contributed by atoms with E-state index in [1.807, 2.05) is 30.3 Å². The number of benzene rings is 2. The van der Waals surface area contributed by atoms with Gasteiger partial charge < -0.3 is 25.0 Å². The molecule has 2 saturated heterocycles. The molecule has 7 rings (SSSR count). The number of phenolic OH excluding ortho intramolecular Hbond substituents is 1. The average molecular weight is 526 g/mol. The Morgan fingerprint density at radius 3 is 2.74 bits per heavy atom. The van der Waals surface area contributed by atoms with Crippen LogP contribution < -0.4 is 15.0 Å². The fourth-order valence-corrected chi connectivity index (χ4v) is 6.54. The van der Waals surface area contributed by atoms with Gasteiger partial charge in [-0.3, -0.25) is 0 Å². The molecular formula is C30H35N7O2. The predicted octanol–water partition coefficient (Wildman–Crippen LogP) is 4.00. The van der Waals surface area contributed by atoms with Crippen LogP contribution in [0.3, 0.4) is 0 Å². The molecule has 2 bridgehead atoms. The average Bonchev–Trinajstić information content (AvgIpc) is 3.61. The maximum Gasteiger partial charge on any atom is 0.319 e. The fourth-order valence-electron chi connectivity index (χ4n) is 6.54. The molecule has 2 N–H and O–H groups in total. The van der Waals surface area contributed by atoms with Gasteiger partial charge in [0.1, 0.15) is 11.3 Å². The van der Waals surface area contributed by atoms with Crippen molar-refractivity contribution in [1.82, 2.24) is 30.4 Å². The van der Waals surface area contributed by atoms with E-state index in [0.717, 1.165) is 67.5 Å². The van der Waals surface area contributed by atoms with Gasteiger partial charge in [-0.25, -0.2) is 0 Å². The number of rotatable bonds is 7. The summed E-state index contributed by atoms with van der Waals surface area (Å²) in [5.41, 5.74) is 3.07. The van der Waals surface area contributed by atoms with Crippen LogP contribution in [0.5, 0.6) is 11.8 Å². The van der Waals surface area contributed by atoms with Crippen molar-refractivity contribution in [3.05, 3.63) is 42.5 Å². The molecule has 2 aromatic carbocycles. The molecule has 2 atom stereocenters. The largest absolute Gasteiger partial charge is 0.508 e. The Morgan fingerprint density at radius 2 is 1.95 bits per heavy atom. The molecule has 2 aliphatic heterocycles. The van der Waals surface area contributed by atoms with Crippen LogP contribution in [0.15, 0.2) is 42.5 Å². The third-order valence-corrected chi connectivity index (χ3v) is 8.52. The molecule has 3 aliphatic rings. The zero-order chi connectivity index (χ0) is 26.8. The van der Waals surface area contributed by atoms with Crippen LogP contribution >= 0.6 is 0 Å². The third-order valence-electron chi connectivity index (χ3n) is 8.52. The Hall–Kier alpha value is -3.56. The van der Waals surface area contributed by atoms with E-state index in [1.165, 1.54) is 0 Å². The maximum absolute atomic E-state index is 10.4. The number of aromatic hydroxyl groups is 1. The Morgan fingerprint density at radius 1 is 1.10 bits per heavy atom. The number of anilines is 1. The van der Waals surface area contributed by atoms with Crippen molar-refractivity contribution in [1.29, 1.82) is 0 Å². The SMILES string of the molecule is CN(C)CC1(COc2nc(N3C[C@H]4CC[C@@](C)(C3)N4)c3nnc(-c4cc(O)cc5ccccc45)cc3n2)CC1. The highest BCUT2D eigenvalue weighted by atomic mass is 16.5. The zero-order valence-electron chi connectivity index (χ0n) is 22.8. The minimum absolute atomic E-state index is 0.0544. The van der Waals surface area contributed by atoms with Gasteiger partial charge in [0, 0.05) is 42.2 Å². The van der Waals surface area contributed by atoms with Gasteiger partial charge in [0.15, 0.2) is 11.3 Å². The lowest BCUT2D eigenvalue weighted by atomic mass is 10.00. The summed E-state index contributed by atoms with van der Waals surface area (Å²) in [5, 5.41) is 25.5. The fraction of sp³-hybridized carbons (Fsp3) is 0.467. The molecule has 1 aliphatic carbocycles. The molecule has 9 nitrogen and oxygen atoms in total. The number of fused-ring (bicyclic) bond motifs is 4. The Bertz CT molecular complexity index is 1570. The molecule has 1 saturated carbocycles. The highest BCUT2D eigenvalue weighted by Crippen LogP contribution is 2.46. The summed E-state index contributed by atoms with van der Waals surface area (Å²) in [4.78, 5) is 14.3. The van der Waals surface area contributed by atoms with E-state index in [9.17, 15) is 5.11 Å². The minimum atomic E-state index is 0.0544. The Kier molecular flexibility index (Phi) is 5.64. The molecule has 0 unspecified atom stereocenters. The summed E-state index contributed by atoms with van der Waals surface area (Å²) < 4.78 is 6.32. The van der Waals surface area contributed by atoms with Crippen LogP contribution in [-0.4, -0.2) is 82.1 Å². The molecule has 202 valence electrons. The summed E-state index contributed by atoms with van der Waals surface area (Å²) in [6.07, 6.45) is 4.62. The number of ether oxygens (including phenoxy) is 1. The van der Waals surface area contributed by atoms with Gasteiger partial charge in [-0.1, -0.05) is 24.3 Å².